The number of unbranched alkanes of at least 4 members (excludes halogenated alkanes) is 8. The first-order valence-corrected chi connectivity index (χ1v) is 12.7. The van der Waals surface area contributed by atoms with Gasteiger partial charge in [-0.15, -0.1) is 0 Å². The predicted molar refractivity (Wildman–Crippen MR) is 123 cm³/mol. The molecular weight excluding hydrogens is 480 g/mol. The SMILES string of the molecule is CCCCCCCCCCCC(=O)OCC(O)C1OC(=O)C(O[C@H]2O[C@H](CO)[C@@H](O)[C@H](O)[C@H]2O)=C1O. The van der Waals surface area contributed by atoms with E-state index in [0.717, 1.165) is 19.3 Å². The van der Waals surface area contributed by atoms with E-state index >= 15 is 0 Å². The van der Waals surface area contributed by atoms with E-state index in [-0.39, 0.29) is 6.42 Å². The second-order valence-corrected chi connectivity index (χ2v) is 9.18. The Labute approximate surface area is 210 Å². The lowest BCUT2D eigenvalue weighted by Gasteiger charge is -2.39. The third-order valence-electron chi connectivity index (χ3n) is 6.25. The number of cyclic esters (lactones) is 1. The predicted octanol–water partition coefficient (Wildman–Crippen LogP) is 0.323. The Morgan fingerprint density at radius 1 is 0.972 bits per heavy atom. The van der Waals surface area contributed by atoms with Crippen molar-refractivity contribution < 1.29 is 59.2 Å². The second-order valence-electron chi connectivity index (χ2n) is 9.18. The number of rotatable bonds is 16. The van der Waals surface area contributed by atoms with Gasteiger partial charge in [0.05, 0.1) is 6.61 Å². The van der Waals surface area contributed by atoms with Gasteiger partial charge >= 0.3 is 11.9 Å². The van der Waals surface area contributed by atoms with Crippen molar-refractivity contribution >= 4 is 11.9 Å². The van der Waals surface area contributed by atoms with E-state index in [4.69, 9.17) is 18.9 Å². The Balaban J connectivity index is 1.75. The van der Waals surface area contributed by atoms with Crippen LogP contribution in [0, 0.1) is 0 Å². The molecule has 6 N–H and O–H groups in total. The molecule has 0 spiro atoms. The quantitative estimate of drug-likeness (QED) is 0.121. The van der Waals surface area contributed by atoms with Crippen LogP contribution in [0.4, 0.5) is 0 Å². The number of aliphatic hydroxyl groups excluding tert-OH is 6. The summed E-state index contributed by atoms with van der Waals surface area (Å²) in [5.74, 6) is -3.32. The van der Waals surface area contributed by atoms with E-state index in [1.807, 2.05) is 0 Å². The largest absolute Gasteiger partial charge is 0.505 e. The molecule has 0 radical (unpaired) electrons. The van der Waals surface area contributed by atoms with Crippen LogP contribution >= 0.6 is 0 Å². The number of aliphatic hydroxyl groups is 6. The number of carbonyl (C=O) groups is 2. The molecule has 0 aromatic rings. The molecule has 12 heteroatoms. The van der Waals surface area contributed by atoms with Crippen molar-refractivity contribution in [2.75, 3.05) is 13.2 Å². The number of hydrogen-bond donors (Lipinski definition) is 6. The fourth-order valence-electron chi connectivity index (χ4n) is 4.03. The van der Waals surface area contributed by atoms with Crippen LogP contribution in [0.1, 0.15) is 71.1 Å². The Hall–Kier alpha value is -1.96. The molecule has 0 amide bonds. The first-order chi connectivity index (χ1) is 17.2. The van der Waals surface area contributed by atoms with Crippen molar-refractivity contribution in [2.45, 2.75) is 114 Å². The van der Waals surface area contributed by atoms with E-state index in [1.54, 1.807) is 0 Å². The van der Waals surface area contributed by atoms with E-state index in [0.29, 0.717) is 6.42 Å². The van der Waals surface area contributed by atoms with Crippen LogP contribution in [0.3, 0.4) is 0 Å². The monoisotopic (exact) mass is 520 g/mol. The summed E-state index contributed by atoms with van der Waals surface area (Å²) in [6.07, 6.45) is -1.34. The van der Waals surface area contributed by atoms with E-state index in [2.05, 4.69) is 6.92 Å². The first kappa shape index (κ1) is 30.3. The molecule has 36 heavy (non-hydrogen) atoms. The lowest BCUT2D eigenvalue weighted by Crippen LogP contribution is -2.59. The van der Waals surface area contributed by atoms with Crippen LogP contribution in [-0.2, 0) is 28.5 Å². The molecule has 0 bridgehead atoms. The van der Waals surface area contributed by atoms with Gasteiger partial charge in [-0.25, -0.2) is 4.79 Å². The third kappa shape index (κ3) is 8.56. The number of carbonyl (C=O) groups excluding carboxylic acids is 2. The Bertz CT molecular complexity index is 724. The Kier molecular flexibility index (Phi) is 12.9. The smallest absolute Gasteiger partial charge is 0.378 e. The maximum absolute atomic E-state index is 12.1. The molecule has 2 aliphatic rings. The highest BCUT2D eigenvalue weighted by Gasteiger charge is 2.48. The summed E-state index contributed by atoms with van der Waals surface area (Å²) in [4.78, 5) is 24.1. The summed E-state index contributed by atoms with van der Waals surface area (Å²) in [7, 11) is 0. The van der Waals surface area contributed by atoms with Crippen molar-refractivity contribution in [1.29, 1.82) is 0 Å². The molecule has 7 atom stereocenters. The highest BCUT2D eigenvalue weighted by Crippen LogP contribution is 2.29. The number of ether oxygens (including phenoxy) is 4. The number of esters is 2. The molecule has 12 nitrogen and oxygen atoms in total. The molecule has 0 aromatic carbocycles. The molecule has 0 aliphatic carbocycles. The molecule has 0 saturated carbocycles. The van der Waals surface area contributed by atoms with Gasteiger partial charge in [0.15, 0.2) is 11.9 Å². The molecule has 208 valence electrons. The van der Waals surface area contributed by atoms with Gasteiger partial charge in [0, 0.05) is 6.42 Å². The zero-order valence-corrected chi connectivity index (χ0v) is 20.7. The maximum atomic E-state index is 12.1. The molecule has 0 aromatic heterocycles. The minimum absolute atomic E-state index is 0.181. The molecule has 2 unspecified atom stereocenters. The van der Waals surface area contributed by atoms with Crippen molar-refractivity contribution in [2.24, 2.45) is 0 Å². The Morgan fingerprint density at radius 2 is 1.58 bits per heavy atom. The van der Waals surface area contributed by atoms with Gasteiger partial charge in [0.25, 0.3) is 0 Å². The first-order valence-electron chi connectivity index (χ1n) is 12.7. The van der Waals surface area contributed by atoms with Crippen molar-refractivity contribution in [3.8, 4) is 0 Å². The van der Waals surface area contributed by atoms with E-state index in [9.17, 15) is 40.2 Å². The number of hydrogen-bond acceptors (Lipinski definition) is 12. The van der Waals surface area contributed by atoms with Gasteiger partial charge in [-0.05, 0) is 6.42 Å². The van der Waals surface area contributed by atoms with Crippen molar-refractivity contribution in [3.05, 3.63) is 11.5 Å². The minimum atomic E-state index is -1.82. The van der Waals surface area contributed by atoms with Crippen LogP contribution in [0.15, 0.2) is 11.5 Å². The average Bonchev–Trinajstić information content (AvgIpc) is 3.14. The third-order valence-corrected chi connectivity index (χ3v) is 6.25. The van der Waals surface area contributed by atoms with Crippen LogP contribution in [0.25, 0.3) is 0 Å². The van der Waals surface area contributed by atoms with E-state index in [1.165, 1.54) is 32.1 Å². The highest BCUT2D eigenvalue weighted by molar-refractivity contribution is 5.89. The molecule has 2 heterocycles. The van der Waals surface area contributed by atoms with Gasteiger partial charge < -0.3 is 49.6 Å². The lowest BCUT2D eigenvalue weighted by atomic mass is 9.99. The molecule has 1 fully saturated rings. The lowest BCUT2D eigenvalue weighted by molar-refractivity contribution is -0.291. The summed E-state index contributed by atoms with van der Waals surface area (Å²) in [5, 5.41) is 59.5. The molecular formula is C24H40O12. The second kappa shape index (κ2) is 15.3. The van der Waals surface area contributed by atoms with Gasteiger partial charge in [0.2, 0.25) is 12.0 Å². The average molecular weight is 521 g/mol. The highest BCUT2D eigenvalue weighted by atomic mass is 16.7. The molecule has 1 saturated heterocycles. The zero-order chi connectivity index (χ0) is 26.7. The van der Waals surface area contributed by atoms with E-state index < -0.39 is 79.6 Å². The Morgan fingerprint density at radius 3 is 2.19 bits per heavy atom. The van der Waals surface area contributed by atoms with Crippen LogP contribution in [-0.4, -0.2) is 98.7 Å². The summed E-state index contributed by atoms with van der Waals surface area (Å²) >= 11 is 0. The van der Waals surface area contributed by atoms with Crippen LogP contribution in [0.2, 0.25) is 0 Å². The fourth-order valence-corrected chi connectivity index (χ4v) is 4.03. The summed E-state index contributed by atoms with van der Waals surface area (Å²) < 4.78 is 20.2. The fraction of sp³-hybridized carbons (Fsp3) is 0.833. The minimum Gasteiger partial charge on any atom is -0.505 e. The molecule has 2 rings (SSSR count). The summed E-state index contributed by atoms with van der Waals surface area (Å²) in [6, 6.07) is 0. The topological polar surface area (TPSA) is 192 Å². The van der Waals surface area contributed by atoms with Crippen LogP contribution < -0.4 is 0 Å². The zero-order valence-electron chi connectivity index (χ0n) is 20.7. The van der Waals surface area contributed by atoms with Gasteiger partial charge in [0.1, 0.15) is 37.1 Å². The molecule has 2 aliphatic heterocycles. The van der Waals surface area contributed by atoms with Gasteiger partial charge in [-0.1, -0.05) is 58.3 Å². The summed E-state index contributed by atoms with van der Waals surface area (Å²) in [6.45, 7) is 0.926. The summed E-state index contributed by atoms with van der Waals surface area (Å²) in [5.41, 5.74) is 0. The van der Waals surface area contributed by atoms with Gasteiger partial charge in [-0.2, -0.15) is 0 Å². The van der Waals surface area contributed by atoms with Crippen molar-refractivity contribution in [1.82, 2.24) is 0 Å². The van der Waals surface area contributed by atoms with Crippen molar-refractivity contribution in [3.63, 3.8) is 0 Å². The maximum Gasteiger partial charge on any atom is 0.378 e. The standard InChI is InChI=1S/C24H40O12/c1-2-3-4-5-6-7-8-9-10-11-16(27)33-13-14(26)21-20(31)22(23(32)35-21)36-24-19(30)18(29)17(28)15(12-25)34-24/h14-15,17-19,21,24-26,28-31H,2-13H2,1H3/t14?,15-,17-,18+,19-,21?,24-/m1/s1. The van der Waals surface area contributed by atoms with Gasteiger partial charge in [-0.3, -0.25) is 4.79 Å². The van der Waals surface area contributed by atoms with Crippen LogP contribution in [0.5, 0.6) is 0 Å². The normalized spacial score (nSPS) is 29.2.